The van der Waals surface area contributed by atoms with Gasteiger partial charge in [0.25, 0.3) is 0 Å². The summed E-state index contributed by atoms with van der Waals surface area (Å²) in [5.41, 5.74) is 0.775. The van der Waals surface area contributed by atoms with Crippen LogP contribution in [0.25, 0.3) is 0 Å². The van der Waals surface area contributed by atoms with Gasteiger partial charge in [0.1, 0.15) is 5.60 Å². The van der Waals surface area contributed by atoms with Crippen molar-refractivity contribution in [2.75, 3.05) is 19.6 Å². The third kappa shape index (κ3) is 3.80. The van der Waals surface area contributed by atoms with Gasteiger partial charge < -0.3 is 10.1 Å². The zero-order valence-corrected chi connectivity index (χ0v) is 14.6. The molecule has 5 nitrogen and oxygen atoms in total. The van der Waals surface area contributed by atoms with E-state index in [0.29, 0.717) is 13.1 Å². The molecule has 2 aliphatic rings. The zero-order chi connectivity index (χ0) is 13.5. The largest absolute Gasteiger partial charge is 0.441 e. The number of halogens is 2. The minimum atomic E-state index is -0.254. The lowest BCUT2D eigenvalue weighted by atomic mass is 9.92. The predicted octanol–water partition coefficient (Wildman–Crippen LogP) is 2.68. The smallest absolute Gasteiger partial charge is 0.410 e. The number of piperidine rings is 1. The normalized spacial score (nSPS) is 19.9. The summed E-state index contributed by atoms with van der Waals surface area (Å²) >= 11 is 1.67. The lowest BCUT2D eigenvalue weighted by Crippen LogP contribution is -2.44. The fourth-order valence-electron chi connectivity index (χ4n) is 2.85. The van der Waals surface area contributed by atoms with E-state index in [1.807, 2.05) is 18.7 Å². The van der Waals surface area contributed by atoms with E-state index in [0.717, 1.165) is 36.6 Å². The maximum absolute atomic E-state index is 12.0. The summed E-state index contributed by atoms with van der Waals surface area (Å²) in [6.07, 6.45) is 1.65. The Balaban J connectivity index is 0.00000110. The van der Waals surface area contributed by atoms with Crippen LogP contribution in [0.1, 0.15) is 28.4 Å². The van der Waals surface area contributed by atoms with Gasteiger partial charge in [-0.1, -0.05) is 0 Å². The van der Waals surface area contributed by atoms with E-state index in [9.17, 15) is 4.79 Å². The van der Waals surface area contributed by atoms with Crippen molar-refractivity contribution in [2.45, 2.75) is 38.8 Å². The zero-order valence-electron chi connectivity index (χ0n) is 12.2. The molecule has 8 heteroatoms. The van der Waals surface area contributed by atoms with Gasteiger partial charge in [0, 0.05) is 17.7 Å². The van der Waals surface area contributed by atoms with E-state index >= 15 is 0 Å². The average Bonchev–Trinajstić information content (AvgIpc) is 2.82. The summed E-state index contributed by atoms with van der Waals surface area (Å²) in [5.74, 6) is 0. The monoisotopic (exact) mass is 353 g/mol. The molecule has 3 rings (SSSR count). The second kappa shape index (κ2) is 7.13. The van der Waals surface area contributed by atoms with Gasteiger partial charge in [-0.2, -0.15) is 0 Å². The number of hydrogen-bond donors (Lipinski definition) is 1. The van der Waals surface area contributed by atoms with Crippen LogP contribution in [0.5, 0.6) is 0 Å². The summed E-state index contributed by atoms with van der Waals surface area (Å²) in [5, 5.41) is 4.36. The van der Waals surface area contributed by atoms with Crippen molar-refractivity contribution in [3.8, 4) is 0 Å². The van der Waals surface area contributed by atoms with Crippen LogP contribution in [0.2, 0.25) is 0 Å². The predicted molar refractivity (Wildman–Crippen MR) is 87.8 cm³/mol. The standard InChI is InChI=1S/C13H19N3O2S.2ClH/c1-9-11(19-10(2)15-9)7-16-8-13(18-12(16)17)3-5-14-6-4-13;;/h14H,3-8H2,1-2H3;2*1H. The lowest BCUT2D eigenvalue weighted by Gasteiger charge is -2.31. The molecule has 2 fully saturated rings. The molecule has 0 aromatic carbocycles. The molecule has 120 valence electrons. The summed E-state index contributed by atoms with van der Waals surface area (Å²) in [6, 6.07) is 0. The molecule has 1 N–H and O–H groups in total. The van der Waals surface area contributed by atoms with Crippen LogP contribution in [0, 0.1) is 13.8 Å². The number of aromatic nitrogens is 1. The van der Waals surface area contributed by atoms with Gasteiger partial charge in [0.2, 0.25) is 0 Å². The third-order valence-electron chi connectivity index (χ3n) is 3.89. The molecule has 1 spiro atoms. The maximum atomic E-state index is 12.0. The van der Waals surface area contributed by atoms with E-state index in [2.05, 4.69) is 10.3 Å². The number of rotatable bonds is 2. The topological polar surface area (TPSA) is 54.5 Å². The molecule has 0 aliphatic carbocycles. The fourth-order valence-corrected chi connectivity index (χ4v) is 3.80. The van der Waals surface area contributed by atoms with Gasteiger partial charge in [-0.3, -0.25) is 4.90 Å². The minimum Gasteiger partial charge on any atom is -0.441 e. The molecule has 0 unspecified atom stereocenters. The number of hydrogen-bond acceptors (Lipinski definition) is 5. The van der Waals surface area contributed by atoms with Crippen molar-refractivity contribution in [1.82, 2.24) is 15.2 Å². The highest BCUT2D eigenvalue weighted by molar-refractivity contribution is 7.11. The van der Waals surface area contributed by atoms with Crippen LogP contribution in [0.4, 0.5) is 4.79 Å². The van der Waals surface area contributed by atoms with Crippen LogP contribution in [-0.4, -0.2) is 41.2 Å². The fraction of sp³-hybridized carbons (Fsp3) is 0.692. The third-order valence-corrected chi connectivity index (χ3v) is 4.95. The molecule has 1 aromatic heterocycles. The minimum absolute atomic E-state index is 0. The SMILES string of the molecule is Cc1nc(C)c(CN2CC3(CCNCC3)OC2=O)s1.Cl.Cl. The molecule has 1 aromatic rings. The molecule has 0 bridgehead atoms. The van der Waals surface area contributed by atoms with Crippen LogP contribution in [-0.2, 0) is 11.3 Å². The first-order chi connectivity index (χ1) is 9.08. The highest BCUT2D eigenvalue weighted by atomic mass is 35.5. The molecular formula is C13H21Cl2N3O2S. The Hall–Kier alpha value is -0.560. The van der Waals surface area contributed by atoms with E-state index < -0.39 is 0 Å². The summed E-state index contributed by atoms with van der Waals surface area (Å²) in [7, 11) is 0. The Kier molecular flexibility index (Phi) is 6.28. The Bertz CT molecular complexity index is 504. The van der Waals surface area contributed by atoms with Crippen LogP contribution >= 0.6 is 36.2 Å². The van der Waals surface area contributed by atoms with Gasteiger partial charge in [-0.15, -0.1) is 36.2 Å². The molecule has 2 aliphatic heterocycles. The van der Waals surface area contributed by atoms with E-state index in [1.54, 1.807) is 11.3 Å². The first-order valence-corrected chi connectivity index (χ1v) is 7.51. The van der Waals surface area contributed by atoms with Crippen molar-refractivity contribution < 1.29 is 9.53 Å². The van der Waals surface area contributed by atoms with Crippen LogP contribution in [0.15, 0.2) is 0 Å². The van der Waals surface area contributed by atoms with Gasteiger partial charge in [-0.25, -0.2) is 9.78 Å². The molecule has 3 heterocycles. The van der Waals surface area contributed by atoms with Gasteiger partial charge in [-0.05, 0) is 26.9 Å². The molecule has 21 heavy (non-hydrogen) atoms. The molecular weight excluding hydrogens is 333 g/mol. The molecule has 0 saturated carbocycles. The molecule has 1 amide bonds. The van der Waals surface area contributed by atoms with Crippen molar-refractivity contribution in [3.05, 3.63) is 15.6 Å². The Morgan fingerprint density at radius 3 is 2.57 bits per heavy atom. The van der Waals surface area contributed by atoms with Crippen molar-refractivity contribution >= 4 is 42.2 Å². The number of thiazole rings is 1. The summed E-state index contributed by atoms with van der Waals surface area (Å²) in [6.45, 7) is 7.20. The number of carbonyl (C=O) groups is 1. The van der Waals surface area contributed by atoms with Crippen molar-refractivity contribution in [1.29, 1.82) is 0 Å². The number of ether oxygens (including phenoxy) is 1. The van der Waals surface area contributed by atoms with Crippen molar-refractivity contribution in [2.24, 2.45) is 0 Å². The summed E-state index contributed by atoms with van der Waals surface area (Å²) in [4.78, 5) is 19.4. The highest BCUT2D eigenvalue weighted by Crippen LogP contribution is 2.32. The van der Waals surface area contributed by atoms with E-state index in [1.165, 1.54) is 4.88 Å². The highest BCUT2D eigenvalue weighted by Gasteiger charge is 2.45. The van der Waals surface area contributed by atoms with Gasteiger partial charge in [0.05, 0.1) is 23.8 Å². The van der Waals surface area contributed by atoms with Gasteiger partial charge in [0.15, 0.2) is 0 Å². The van der Waals surface area contributed by atoms with Crippen molar-refractivity contribution in [3.63, 3.8) is 0 Å². The Morgan fingerprint density at radius 1 is 1.33 bits per heavy atom. The molecule has 0 atom stereocenters. The number of carbonyl (C=O) groups excluding carboxylic acids is 1. The number of nitrogens with one attached hydrogen (secondary N) is 1. The quantitative estimate of drug-likeness (QED) is 0.887. The Labute approximate surface area is 141 Å². The first kappa shape index (κ1) is 18.5. The molecule has 2 saturated heterocycles. The second-order valence-electron chi connectivity index (χ2n) is 5.40. The number of amides is 1. The van der Waals surface area contributed by atoms with E-state index in [-0.39, 0.29) is 36.5 Å². The Morgan fingerprint density at radius 2 is 2.00 bits per heavy atom. The van der Waals surface area contributed by atoms with Crippen LogP contribution in [0.3, 0.4) is 0 Å². The van der Waals surface area contributed by atoms with Gasteiger partial charge >= 0.3 is 6.09 Å². The van der Waals surface area contributed by atoms with Crippen LogP contribution < -0.4 is 5.32 Å². The van der Waals surface area contributed by atoms with E-state index in [4.69, 9.17) is 4.74 Å². The second-order valence-corrected chi connectivity index (χ2v) is 6.69. The first-order valence-electron chi connectivity index (χ1n) is 6.70. The number of nitrogens with zero attached hydrogens (tertiary/aromatic N) is 2. The number of aryl methyl sites for hydroxylation is 2. The molecule has 0 radical (unpaired) electrons. The summed E-state index contributed by atoms with van der Waals surface area (Å²) < 4.78 is 5.65. The maximum Gasteiger partial charge on any atom is 0.410 e. The lowest BCUT2D eigenvalue weighted by molar-refractivity contribution is 0.0316. The average molecular weight is 354 g/mol.